The number of aromatic nitrogens is 2. The molecule has 1 aromatic heterocycles. The molecule has 3 atom stereocenters. The van der Waals surface area contributed by atoms with Gasteiger partial charge in [0.25, 0.3) is 0 Å². The van der Waals surface area contributed by atoms with Crippen LogP contribution in [0.1, 0.15) is 49.9 Å². The minimum Gasteiger partial charge on any atom is -0.370 e. The molecule has 3 fully saturated rings. The molecule has 0 amide bonds. The fraction of sp³-hybridized carbons (Fsp3) is 0.846. The lowest BCUT2D eigenvalue weighted by Gasteiger charge is -2.23. The molecule has 0 bridgehead atoms. The number of ether oxygens (including phenoxy) is 1. The lowest BCUT2D eigenvalue weighted by Crippen LogP contribution is -2.31. The number of nitrogens with one attached hydrogen (secondary N) is 1. The lowest BCUT2D eigenvalue weighted by atomic mass is 9.80. The molecule has 4 rings (SSSR count). The van der Waals surface area contributed by atoms with Gasteiger partial charge in [0.05, 0.1) is 5.41 Å². The van der Waals surface area contributed by atoms with Gasteiger partial charge in [-0.05, 0) is 38.1 Å². The Morgan fingerprint density at radius 2 is 2.21 bits per heavy atom. The topological polar surface area (TPSA) is 60.2 Å². The van der Waals surface area contributed by atoms with Crippen molar-refractivity contribution in [2.75, 3.05) is 19.7 Å². The maximum absolute atomic E-state index is 5.62. The molecule has 1 unspecified atom stereocenters. The monoisotopic (exact) mass is 285 g/mol. The van der Waals surface area contributed by atoms with Crippen LogP contribution in [0.15, 0.2) is 4.52 Å². The Morgan fingerprint density at radius 1 is 1.26 bits per heavy atom. The van der Waals surface area contributed by atoms with E-state index in [-0.39, 0.29) is 23.9 Å². The first-order valence-electron chi connectivity index (χ1n) is 7.05. The van der Waals surface area contributed by atoms with Crippen LogP contribution < -0.4 is 5.32 Å². The Hall–Kier alpha value is -0.650. The van der Waals surface area contributed by atoms with Crippen LogP contribution >= 0.6 is 12.4 Å². The third-order valence-electron chi connectivity index (χ3n) is 4.87. The molecular formula is C13H20ClN3O2. The van der Waals surface area contributed by atoms with Crippen LogP contribution in [-0.4, -0.2) is 29.8 Å². The van der Waals surface area contributed by atoms with Gasteiger partial charge in [0.2, 0.25) is 11.7 Å². The second-order valence-corrected chi connectivity index (χ2v) is 5.84. The van der Waals surface area contributed by atoms with Gasteiger partial charge in [-0.3, -0.25) is 0 Å². The quantitative estimate of drug-likeness (QED) is 0.900. The first kappa shape index (κ1) is 13.3. The summed E-state index contributed by atoms with van der Waals surface area (Å²) in [5, 5.41) is 7.64. The van der Waals surface area contributed by atoms with Gasteiger partial charge in [-0.15, -0.1) is 12.4 Å². The number of nitrogens with zero attached hydrogens (tertiary/aromatic N) is 2. The maximum Gasteiger partial charge on any atom is 0.234 e. The van der Waals surface area contributed by atoms with E-state index in [1.807, 2.05) is 0 Å². The van der Waals surface area contributed by atoms with E-state index in [4.69, 9.17) is 9.26 Å². The van der Waals surface area contributed by atoms with E-state index in [2.05, 4.69) is 15.5 Å². The molecular weight excluding hydrogens is 266 g/mol. The molecule has 1 N–H and O–H groups in total. The van der Waals surface area contributed by atoms with E-state index in [9.17, 15) is 0 Å². The van der Waals surface area contributed by atoms with E-state index in [0.717, 1.165) is 44.3 Å². The molecule has 2 aliphatic heterocycles. The van der Waals surface area contributed by atoms with Crippen LogP contribution in [0.25, 0.3) is 0 Å². The highest BCUT2D eigenvalue weighted by atomic mass is 35.5. The predicted molar refractivity (Wildman–Crippen MR) is 71.4 cm³/mol. The molecule has 3 heterocycles. The molecule has 0 spiro atoms. The lowest BCUT2D eigenvalue weighted by molar-refractivity contribution is 0.103. The molecule has 1 aromatic rings. The van der Waals surface area contributed by atoms with Gasteiger partial charge >= 0.3 is 0 Å². The van der Waals surface area contributed by atoms with Gasteiger partial charge < -0.3 is 14.6 Å². The highest BCUT2D eigenvalue weighted by molar-refractivity contribution is 5.85. The van der Waals surface area contributed by atoms with E-state index in [1.165, 1.54) is 19.3 Å². The van der Waals surface area contributed by atoms with Crippen molar-refractivity contribution in [1.82, 2.24) is 15.5 Å². The average Bonchev–Trinajstić information content (AvgIpc) is 3.13. The first-order chi connectivity index (χ1) is 8.88. The van der Waals surface area contributed by atoms with Crippen LogP contribution in [0.5, 0.6) is 0 Å². The minimum atomic E-state index is 0. The van der Waals surface area contributed by atoms with Gasteiger partial charge in [-0.1, -0.05) is 11.6 Å². The van der Waals surface area contributed by atoms with E-state index >= 15 is 0 Å². The zero-order chi connectivity index (χ0) is 12.0. The first-order valence-corrected chi connectivity index (χ1v) is 7.05. The molecule has 2 saturated heterocycles. The Bertz CT molecular complexity index is 435. The smallest absolute Gasteiger partial charge is 0.234 e. The van der Waals surface area contributed by atoms with Crippen LogP contribution in [0.2, 0.25) is 0 Å². The molecule has 6 heteroatoms. The van der Waals surface area contributed by atoms with Crippen molar-refractivity contribution in [2.45, 2.75) is 43.6 Å². The normalized spacial score (nSPS) is 37.3. The fourth-order valence-corrected chi connectivity index (χ4v) is 3.85. The van der Waals surface area contributed by atoms with Crippen molar-refractivity contribution in [2.24, 2.45) is 5.92 Å². The summed E-state index contributed by atoms with van der Waals surface area (Å²) in [6.07, 6.45) is 5.93. The van der Waals surface area contributed by atoms with Gasteiger partial charge in [0.1, 0.15) is 6.10 Å². The summed E-state index contributed by atoms with van der Waals surface area (Å²) in [6, 6.07) is 0. The third kappa shape index (κ3) is 1.99. The molecule has 19 heavy (non-hydrogen) atoms. The van der Waals surface area contributed by atoms with E-state index < -0.39 is 0 Å². The Morgan fingerprint density at radius 3 is 3.05 bits per heavy atom. The Kier molecular flexibility index (Phi) is 3.53. The number of hydrogen-bond acceptors (Lipinski definition) is 5. The van der Waals surface area contributed by atoms with Gasteiger partial charge in [0, 0.05) is 13.2 Å². The molecule has 1 aliphatic carbocycles. The summed E-state index contributed by atoms with van der Waals surface area (Å²) in [5.41, 5.74) is 0.115. The number of fused-ring (bicyclic) bond motifs is 1. The van der Waals surface area contributed by atoms with Crippen LogP contribution in [0, 0.1) is 5.92 Å². The average molecular weight is 286 g/mol. The zero-order valence-electron chi connectivity index (χ0n) is 10.9. The summed E-state index contributed by atoms with van der Waals surface area (Å²) < 4.78 is 11.2. The zero-order valence-corrected chi connectivity index (χ0v) is 11.7. The molecule has 0 radical (unpaired) electrons. The fourth-order valence-electron chi connectivity index (χ4n) is 3.85. The van der Waals surface area contributed by atoms with Gasteiger partial charge in [-0.25, -0.2) is 0 Å². The van der Waals surface area contributed by atoms with E-state index in [1.54, 1.807) is 0 Å². The summed E-state index contributed by atoms with van der Waals surface area (Å²) in [6.45, 7) is 2.91. The second kappa shape index (κ2) is 5.04. The maximum atomic E-state index is 5.62. The van der Waals surface area contributed by atoms with Crippen molar-refractivity contribution in [1.29, 1.82) is 0 Å². The molecule has 1 saturated carbocycles. The summed E-state index contributed by atoms with van der Waals surface area (Å²) in [4.78, 5) is 4.66. The number of hydrogen-bond donors (Lipinski definition) is 1. The van der Waals surface area contributed by atoms with Gasteiger partial charge in [0.15, 0.2) is 0 Å². The summed E-state index contributed by atoms with van der Waals surface area (Å²) in [7, 11) is 0. The molecule has 5 nitrogen and oxygen atoms in total. The van der Waals surface area contributed by atoms with Crippen molar-refractivity contribution in [3.8, 4) is 0 Å². The predicted octanol–water partition coefficient (Wildman–Crippen LogP) is 1.98. The minimum absolute atomic E-state index is 0. The van der Waals surface area contributed by atoms with Crippen molar-refractivity contribution < 1.29 is 9.26 Å². The van der Waals surface area contributed by atoms with Gasteiger partial charge in [-0.2, -0.15) is 4.98 Å². The molecule has 106 valence electrons. The van der Waals surface area contributed by atoms with Crippen molar-refractivity contribution in [3.63, 3.8) is 0 Å². The standard InChI is InChI=1S/C13H19N3O2.ClH/c1-3-9-7-14-8-13(9,5-1)12-15-11(16-18-12)10-4-2-6-17-10;/h9-10,14H,1-8H2;1H/t9-,10?,13-;/m1./s1. The van der Waals surface area contributed by atoms with Crippen molar-refractivity contribution in [3.05, 3.63) is 11.7 Å². The number of rotatable bonds is 2. The van der Waals surface area contributed by atoms with Crippen LogP contribution in [0.4, 0.5) is 0 Å². The summed E-state index contributed by atoms with van der Waals surface area (Å²) >= 11 is 0. The number of halogens is 1. The van der Waals surface area contributed by atoms with E-state index in [0.29, 0.717) is 5.92 Å². The summed E-state index contributed by atoms with van der Waals surface area (Å²) in [5.74, 6) is 2.28. The largest absolute Gasteiger partial charge is 0.370 e. The Labute approximate surface area is 118 Å². The van der Waals surface area contributed by atoms with Crippen molar-refractivity contribution >= 4 is 12.4 Å². The second-order valence-electron chi connectivity index (χ2n) is 5.84. The highest BCUT2D eigenvalue weighted by Crippen LogP contribution is 2.47. The van der Waals surface area contributed by atoms with Crippen LogP contribution in [-0.2, 0) is 10.2 Å². The SMILES string of the molecule is C1COC(c2noc([C@@]34CCC[C@@H]3CNC4)n2)C1.Cl. The highest BCUT2D eigenvalue weighted by Gasteiger charge is 2.51. The Balaban J connectivity index is 0.00000110. The molecule has 0 aromatic carbocycles. The van der Waals surface area contributed by atoms with Crippen LogP contribution in [0.3, 0.4) is 0 Å². The third-order valence-corrected chi connectivity index (χ3v) is 4.87. The molecule has 3 aliphatic rings.